The van der Waals surface area contributed by atoms with Gasteiger partial charge in [0, 0.05) is 17.6 Å². The number of hydrogen-bond donors (Lipinski definition) is 0. The molecular formula is C22H15N5O3. The number of pyridine rings is 1. The summed E-state index contributed by atoms with van der Waals surface area (Å²) in [6.45, 7) is 0. The fourth-order valence-electron chi connectivity index (χ4n) is 3.18. The Morgan fingerprint density at radius 1 is 0.967 bits per heavy atom. The summed E-state index contributed by atoms with van der Waals surface area (Å²) in [4.78, 5) is 21.8. The number of fused-ring (bicyclic) bond motifs is 1. The summed E-state index contributed by atoms with van der Waals surface area (Å²) in [5.74, 6) is 1.16. The van der Waals surface area contributed by atoms with Crippen LogP contribution in [0.25, 0.3) is 39.6 Å². The van der Waals surface area contributed by atoms with Crippen molar-refractivity contribution >= 4 is 10.8 Å². The van der Waals surface area contributed by atoms with Crippen molar-refractivity contribution in [2.24, 2.45) is 0 Å². The third-order valence-electron chi connectivity index (χ3n) is 4.63. The first-order chi connectivity index (χ1) is 14.7. The molecule has 0 N–H and O–H groups in total. The van der Waals surface area contributed by atoms with Gasteiger partial charge in [-0.1, -0.05) is 35.5 Å². The van der Waals surface area contributed by atoms with Crippen LogP contribution < -0.4 is 10.3 Å². The topological polar surface area (TPSA) is 95.9 Å². The first-order valence-corrected chi connectivity index (χ1v) is 9.16. The second-order valence-corrected chi connectivity index (χ2v) is 6.45. The van der Waals surface area contributed by atoms with Gasteiger partial charge in [0.05, 0.1) is 18.2 Å². The molecule has 0 bridgehead atoms. The van der Waals surface area contributed by atoms with Crippen LogP contribution in [-0.4, -0.2) is 32.0 Å². The molecule has 8 nitrogen and oxygen atoms in total. The number of ether oxygens (including phenoxy) is 1. The molecule has 2 aromatic carbocycles. The van der Waals surface area contributed by atoms with Gasteiger partial charge in [-0.3, -0.25) is 9.78 Å². The Labute approximate surface area is 170 Å². The first kappa shape index (κ1) is 17.7. The lowest BCUT2D eigenvalue weighted by Gasteiger charge is -2.10. The van der Waals surface area contributed by atoms with Gasteiger partial charge in [-0.15, -0.1) is 0 Å². The van der Waals surface area contributed by atoms with E-state index in [9.17, 15) is 4.79 Å². The summed E-state index contributed by atoms with van der Waals surface area (Å²) in [5, 5.41) is 9.69. The van der Waals surface area contributed by atoms with E-state index >= 15 is 0 Å². The molecule has 0 aliphatic heterocycles. The van der Waals surface area contributed by atoms with Gasteiger partial charge in [-0.2, -0.15) is 14.8 Å². The third kappa shape index (κ3) is 3.00. The Bertz CT molecular complexity index is 1410. The van der Waals surface area contributed by atoms with Crippen LogP contribution in [0.3, 0.4) is 0 Å². The maximum atomic E-state index is 13.1. The summed E-state index contributed by atoms with van der Waals surface area (Å²) >= 11 is 0. The first-order valence-electron chi connectivity index (χ1n) is 9.16. The molecule has 0 atom stereocenters. The van der Waals surface area contributed by atoms with Crippen LogP contribution >= 0.6 is 0 Å². The van der Waals surface area contributed by atoms with E-state index in [-0.39, 0.29) is 11.4 Å². The van der Waals surface area contributed by atoms with Crippen molar-refractivity contribution in [3.05, 3.63) is 83.3 Å². The number of nitrogens with zero attached hydrogens (tertiary/aromatic N) is 5. The van der Waals surface area contributed by atoms with E-state index < -0.39 is 0 Å². The maximum absolute atomic E-state index is 13.1. The predicted molar refractivity (Wildman–Crippen MR) is 110 cm³/mol. The van der Waals surface area contributed by atoms with E-state index in [0.29, 0.717) is 39.4 Å². The van der Waals surface area contributed by atoms with Crippen LogP contribution in [0.15, 0.2) is 82.2 Å². The summed E-state index contributed by atoms with van der Waals surface area (Å²) in [7, 11) is 1.57. The molecule has 0 amide bonds. The standard InChI is InChI=1S/C22H15N5O3/c1-29-15-8-6-7-14(13-15)27-22(28)17-10-3-2-9-16(17)19(25-27)21-24-20(26-30-21)18-11-4-5-12-23-18/h2-13H,1H3. The Kier molecular flexibility index (Phi) is 4.29. The Morgan fingerprint density at radius 2 is 1.80 bits per heavy atom. The van der Waals surface area contributed by atoms with Gasteiger partial charge in [0.1, 0.15) is 11.4 Å². The lowest BCUT2D eigenvalue weighted by molar-refractivity contribution is 0.414. The van der Waals surface area contributed by atoms with Gasteiger partial charge in [0.2, 0.25) is 5.82 Å². The van der Waals surface area contributed by atoms with Crippen LogP contribution in [0.4, 0.5) is 0 Å². The molecule has 5 aromatic rings. The van der Waals surface area contributed by atoms with E-state index in [0.717, 1.165) is 0 Å². The Morgan fingerprint density at radius 3 is 2.60 bits per heavy atom. The van der Waals surface area contributed by atoms with Crippen molar-refractivity contribution in [3.63, 3.8) is 0 Å². The number of hydrogen-bond acceptors (Lipinski definition) is 7. The predicted octanol–water partition coefficient (Wildman–Crippen LogP) is 3.51. The highest BCUT2D eigenvalue weighted by molar-refractivity contribution is 5.92. The molecule has 0 spiro atoms. The molecule has 0 fully saturated rings. The van der Waals surface area contributed by atoms with Crippen molar-refractivity contribution in [2.45, 2.75) is 0 Å². The Hall–Kier alpha value is -4.33. The zero-order chi connectivity index (χ0) is 20.5. The molecule has 8 heteroatoms. The fourth-order valence-corrected chi connectivity index (χ4v) is 3.18. The van der Waals surface area contributed by atoms with E-state index in [1.54, 1.807) is 61.8 Å². The van der Waals surface area contributed by atoms with E-state index in [2.05, 4.69) is 20.2 Å². The minimum Gasteiger partial charge on any atom is -0.497 e. The van der Waals surface area contributed by atoms with Crippen molar-refractivity contribution in [1.29, 1.82) is 0 Å². The molecule has 0 saturated carbocycles. The van der Waals surface area contributed by atoms with Gasteiger partial charge in [0.25, 0.3) is 11.4 Å². The molecular weight excluding hydrogens is 382 g/mol. The summed E-state index contributed by atoms with van der Waals surface area (Å²) in [6, 6.07) is 19.7. The SMILES string of the molecule is COc1cccc(-n2nc(-c3nc(-c4ccccn4)no3)c3ccccc3c2=O)c1. The largest absolute Gasteiger partial charge is 0.497 e. The second kappa shape index (κ2) is 7.25. The highest BCUT2D eigenvalue weighted by Gasteiger charge is 2.19. The van der Waals surface area contributed by atoms with Gasteiger partial charge in [-0.05, 0) is 30.3 Å². The maximum Gasteiger partial charge on any atom is 0.279 e. The molecule has 0 radical (unpaired) electrons. The minimum atomic E-state index is -0.257. The average Bonchev–Trinajstić information content (AvgIpc) is 3.30. The monoisotopic (exact) mass is 397 g/mol. The van der Waals surface area contributed by atoms with Gasteiger partial charge in [0.15, 0.2) is 5.69 Å². The molecule has 0 unspecified atom stereocenters. The van der Waals surface area contributed by atoms with Crippen LogP contribution in [0.2, 0.25) is 0 Å². The number of aromatic nitrogens is 5. The normalized spacial score (nSPS) is 11.0. The summed E-state index contributed by atoms with van der Waals surface area (Å²) in [5.41, 5.74) is 1.29. The third-order valence-corrected chi connectivity index (χ3v) is 4.63. The van der Waals surface area contributed by atoms with E-state index in [1.165, 1.54) is 4.68 Å². The average molecular weight is 397 g/mol. The van der Waals surface area contributed by atoms with Crippen molar-refractivity contribution in [2.75, 3.05) is 7.11 Å². The highest BCUT2D eigenvalue weighted by Crippen LogP contribution is 2.26. The fraction of sp³-hybridized carbons (Fsp3) is 0.0455. The van der Waals surface area contributed by atoms with Crippen molar-refractivity contribution < 1.29 is 9.26 Å². The zero-order valence-electron chi connectivity index (χ0n) is 15.9. The molecule has 0 saturated heterocycles. The van der Waals surface area contributed by atoms with Gasteiger partial charge >= 0.3 is 0 Å². The van der Waals surface area contributed by atoms with Gasteiger partial charge in [-0.25, -0.2) is 0 Å². The molecule has 3 heterocycles. The number of methoxy groups -OCH3 is 1. The molecule has 5 rings (SSSR count). The smallest absolute Gasteiger partial charge is 0.279 e. The van der Waals surface area contributed by atoms with Crippen LogP contribution in [0.5, 0.6) is 5.75 Å². The minimum absolute atomic E-state index is 0.198. The molecule has 146 valence electrons. The molecule has 0 aliphatic carbocycles. The molecule has 30 heavy (non-hydrogen) atoms. The van der Waals surface area contributed by atoms with Crippen molar-refractivity contribution in [1.82, 2.24) is 24.9 Å². The quantitative estimate of drug-likeness (QED) is 0.458. The number of benzene rings is 2. The van der Waals surface area contributed by atoms with Crippen LogP contribution in [0, 0.1) is 0 Å². The zero-order valence-corrected chi connectivity index (χ0v) is 15.9. The second-order valence-electron chi connectivity index (χ2n) is 6.45. The lowest BCUT2D eigenvalue weighted by Crippen LogP contribution is -2.22. The number of rotatable bonds is 4. The summed E-state index contributed by atoms with van der Waals surface area (Å²) in [6.07, 6.45) is 1.65. The summed E-state index contributed by atoms with van der Waals surface area (Å²) < 4.78 is 12.1. The molecule has 0 aliphatic rings. The van der Waals surface area contributed by atoms with Crippen LogP contribution in [-0.2, 0) is 0 Å². The van der Waals surface area contributed by atoms with E-state index in [4.69, 9.17) is 9.26 Å². The van der Waals surface area contributed by atoms with E-state index in [1.807, 2.05) is 18.2 Å². The van der Waals surface area contributed by atoms with Crippen LogP contribution in [0.1, 0.15) is 0 Å². The lowest BCUT2D eigenvalue weighted by atomic mass is 10.1. The Balaban J connectivity index is 1.73. The molecule has 3 aromatic heterocycles. The van der Waals surface area contributed by atoms with Gasteiger partial charge < -0.3 is 9.26 Å². The highest BCUT2D eigenvalue weighted by atomic mass is 16.5. The van der Waals surface area contributed by atoms with Crippen molar-refractivity contribution in [3.8, 4) is 34.5 Å².